The van der Waals surface area contributed by atoms with Gasteiger partial charge in [0.1, 0.15) is 12.4 Å². The molecule has 0 saturated heterocycles. The Hall–Kier alpha value is -2.28. The maximum atomic E-state index is 13.8. The molecule has 0 fully saturated rings. The summed E-state index contributed by atoms with van der Waals surface area (Å²) in [5, 5.41) is 4.84. The van der Waals surface area contributed by atoms with Gasteiger partial charge >= 0.3 is 0 Å². The van der Waals surface area contributed by atoms with E-state index in [0.29, 0.717) is 11.7 Å². The third-order valence-electron chi connectivity index (χ3n) is 2.99. The highest BCUT2D eigenvalue weighted by Gasteiger charge is 2.22. The lowest BCUT2D eigenvalue weighted by Crippen LogP contribution is -2.40. The lowest BCUT2D eigenvalue weighted by Gasteiger charge is -2.24. The summed E-state index contributed by atoms with van der Waals surface area (Å²) in [6.07, 6.45) is 1.58. The fraction of sp³-hybridized carbons (Fsp3) is 0.312. The van der Waals surface area contributed by atoms with E-state index >= 15 is 0 Å². The first-order chi connectivity index (χ1) is 11.0. The Morgan fingerprint density at radius 3 is 2.70 bits per heavy atom. The lowest BCUT2D eigenvalue weighted by molar-refractivity contribution is -0.117. The predicted octanol–water partition coefficient (Wildman–Crippen LogP) is 3.02. The third kappa shape index (κ3) is 4.85. The maximum Gasteiger partial charge on any atom is 0.257 e. The summed E-state index contributed by atoms with van der Waals surface area (Å²) in [5.74, 6) is -1.29. The standard InChI is InChI=1S/C16H18FN3O2S/c1-11(2)9-20(10-14(21)19-16-18-7-8-23-16)15(22)12-5-3-4-6-13(12)17/h3-8,11H,9-10H2,1-2H3,(H,18,19,21). The number of amides is 2. The molecule has 2 amide bonds. The van der Waals surface area contributed by atoms with Crippen LogP contribution in [0.25, 0.3) is 0 Å². The highest BCUT2D eigenvalue weighted by molar-refractivity contribution is 7.13. The predicted molar refractivity (Wildman–Crippen MR) is 87.9 cm³/mol. The van der Waals surface area contributed by atoms with Crippen LogP contribution in [0, 0.1) is 11.7 Å². The van der Waals surface area contributed by atoms with Crippen LogP contribution in [0.5, 0.6) is 0 Å². The summed E-state index contributed by atoms with van der Waals surface area (Å²) in [7, 11) is 0. The smallest absolute Gasteiger partial charge is 0.257 e. The highest BCUT2D eigenvalue weighted by atomic mass is 32.1. The Morgan fingerprint density at radius 2 is 2.09 bits per heavy atom. The molecule has 7 heteroatoms. The summed E-state index contributed by atoms with van der Waals surface area (Å²) in [6.45, 7) is 4.07. The van der Waals surface area contributed by atoms with Crippen molar-refractivity contribution >= 4 is 28.3 Å². The monoisotopic (exact) mass is 335 g/mol. The number of benzene rings is 1. The number of rotatable bonds is 6. The van der Waals surface area contributed by atoms with Crippen molar-refractivity contribution in [1.29, 1.82) is 0 Å². The molecule has 0 unspecified atom stereocenters. The van der Waals surface area contributed by atoms with E-state index < -0.39 is 11.7 Å². The van der Waals surface area contributed by atoms with Crippen molar-refractivity contribution in [2.24, 2.45) is 5.92 Å². The highest BCUT2D eigenvalue weighted by Crippen LogP contribution is 2.13. The Bertz CT molecular complexity index is 674. The minimum atomic E-state index is -0.591. The van der Waals surface area contributed by atoms with Gasteiger partial charge in [0.15, 0.2) is 5.13 Å². The molecule has 0 radical (unpaired) electrons. The fourth-order valence-electron chi connectivity index (χ4n) is 2.08. The average molecular weight is 335 g/mol. The van der Waals surface area contributed by atoms with Crippen LogP contribution in [0.15, 0.2) is 35.8 Å². The molecule has 2 aromatic rings. The topological polar surface area (TPSA) is 62.3 Å². The Morgan fingerprint density at radius 1 is 1.35 bits per heavy atom. The molecule has 0 bridgehead atoms. The number of hydrogen-bond acceptors (Lipinski definition) is 4. The normalized spacial score (nSPS) is 10.6. The van der Waals surface area contributed by atoms with Gasteiger partial charge in [0.05, 0.1) is 5.56 Å². The van der Waals surface area contributed by atoms with Crippen LogP contribution in [-0.4, -0.2) is 34.8 Å². The number of thiazole rings is 1. The van der Waals surface area contributed by atoms with Gasteiger partial charge < -0.3 is 10.2 Å². The molecule has 122 valence electrons. The Kier molecular flexibility index (Phi) is 5.81. The van der Waals surface area contributed by atoms with Gasteiger partial charge in [-0.05, 0) is 18.1 Å². The van der Waals surface area contributed by atoms with Crippen molar-refractivity contribution in [1.82, 2.24) is 9.88 Å². The number of anilines is 1. The molecule has 0 aliphatic heterocycles. The molecular weight excluding hydrogens is 317 g/mol. The molecule has 2 rings (SSSR count). The first-order valence-corrected chi connectivity index (χ1v) is 8.08. The summed E-state index contributed by atoms with van der Waals surface area (Å²) in [5.41, 5.74) is -0.0322. The number of carbonyl (C=O) groups is 2. The van der Waals surface area contributed by atoms with E-state index in [1.165, 1.54) is 34.4 Å². The van der Waals surface area contributed by atoms with Crippen molar-refractivity contribution in [2.75, 3.05) is 18.4 Å². The molecule has 0 atom stereocenters. The van der Waals surface area contributed by atoms with E-state index in [1.807, 2.05) is 13.8 Å². The molecule has 0 saturated carbocycles. The van der Waals surface area contributed by atoms with Crippen molar-refractivity contribution in [2.45, 2.75) is 13.8 Å². The number of nitrogens with zero attached hydrogens (tertiary/aromatic N) is 2. The molecule has 1 N–H and O–H groups in total. The van der Waals surface area contributed by atoms with Gasteiger partial charge in [-0.25, -0.2) is 9.37 Å². The van der Waals surface area contributed by atoms with Crippen LogP contribution in [0.2, 0.25) is 0 Å². The van der Waals surface area contributed by atoms with Crippen LogP contribution >= 0.6 is 11.3 Å². The molecule has 23 heavy (non-hydrogen) atoms. The summed E-state index contributed by atoms with van der Waals surface area (Å²) < 4.78 is 13.8. The van der Waals surface area contributed by atoms with Crippen LogP contribution in [0.1, 0.15) is 24.2 Å². The van der Waals surface area contributed by atoms with E-state index in [0.717, 1.165) is 0 Å². The Balaban J connectivity index is 2.11. The van der Waals surface area contributed by atoms with Crippen molar-refractivity contribution in [3.8, 4) is 0 Å². The zero-order valence-electron chi connectivity index (χ0n) is 13.0. The summed E-state index contributed by atoms with van der Waals surface area (Å²) in [6, 6.07) is 5.77. The third-order valence-corrected chi connectivity index (χ3v) is 3.68. The minimum Gasteiger partial charge on any atom is -0.329 e. The fourth-order valence-corrected chi connectivity index (χ4v) is 2.63. The molecule has 0 aliphatic rings. The lowest BCUT2D eigenvalue weighted by atomic mass is 10.1. The Labute approximate surface area is 138 Å². The molecule has 0 aliphatic carbocycles. The van der Waals surface area contributed by atoms with Gasteiger partial charge in [0.25, 0.3) is 5.91 Å². The van der Waals surface area contributed by atoms with Crippen molar-refractivity contribution in [3.63, 3.8) is 0 Å². The molecule has 1 aromatic heterocycles. The second-order valence-electron chi connectivity index (χ2n) is 5.44. The van der Waals surface area contributed by atoms with Gasteiger partial charge in [-0.2, -0.15) is 0 Å². The van der Waals surface area contributed by atoms with Gasteiger partial charge in [0, 0.05) is 18.1 Å². The molecule has 1 aromatic carbocycles. The molecular formula is C16H18FN3O2S. The van der Waals surface area contributed by atoms with E-state index in [-0.39, 0.29) is 23.9 Å². The van der Waals surface area contributed by atoms with E-state index in [4.69, 9.17) is 0 Å². The number of aromatic nitrogens is 1. The number of halogens is 1. The quantitative estimate of drug-likeness (QED) is 0.883. The first-order valence-electron chi connectivity index (χ1n) is 7.20. The van der Waals surface area contributed by atoms with Crippen LogP contribution in [0.3, 0.4) is 0 Å². The van der Waals surface area contributed by atoms with Gasteiger partial charge in [0.2, 0.25) is 5.91 Å². The molecule has 1 heterocycles. The summed E-state index contributed by atoms with van der Waals surface area (Å²) >= 11 is 1.29. The van der Waals surface area contributed by atoms with Crippen molar-refractivity contribution < 1.29 is 14.0 Å². The average Bonchev–Trinajstić information content (AvgIpc) is 2.98. The molecule has 5 nitrogen and oxygen atoms in total. The zero-order chi connectivity index (χ0) is 16.8. The largest absolute Gasteiger partial charge is 0.329 e. The van der Waals surface area contributed by atoms with E-state index in [1.54, 1.807) is 17.6 Å². The van der Waals surface area contributed by atoms with Gasteiger partial charge in [-0.1, -0.05) is 26.0 Å². The first kappa shape index (κ1) is 17.1. The van der Waals surface area contributed by atoms with Crippen molar-refractivity contribution in [3.05, 3.63) is 47.2 Å². The number of hydrogen-bond donors (Lipinski definition) is 1. The van der Waals surface area contributed by atoms with E-state index in [2.05, 4.69) is 10.3 Å². The van der Waals surface area contributed by atoms with Crippen LogP contribution in [0.4, 0.5) is 9.52 Å². The zero-order valence-corrected chi connectivity index (χ0v) is 13.8. The van der Waals surface area contributed by atoms with Gasteiger partial charge in [-0.3, -0.25) is 9.59 Å². The van der Waals surface area contributed by atoms with Gasteiger partial charge in [-0.15, -0.1) is 11.3 Å². The molecule has 0 spiro atoms. The van der Waals surface area contributed by atoms with E-state index in [9.17, 15) is 14.0 Å². The minimum absolute atomic E-state index is 0.0322. The second-order valence-corrected chi connectivity index (χ2v) is 6.34. The van der Waals surface area contributed by atoms with Crippen LogP contribution < -0.4 is 5.32 Å². The van der Waals surface area contributed by atoms with Crippen LogP contribution in [-0.2, 0) is 4.79 Å². The number of carbonyl (C=O) groups excluding carboxylic acids is 2. The second kappa shape index (κ2) is 7.82. The maximum absolute atomic E-state index is 13.8. The SMILES string of the molecule is CC(C)CN(CC(=O)Nc1nccs1)C(=O)c1ccccc1F. The number of nitrogens with one attached hydrogen (secondary N) is 1. The summed E-state index contributed by atoms with van der Waals surface area (Å²) in [4.78, 5) is 29.9.